The van der Waals surface area contributed by atoms with Gasteiger partial charge in [-0.3, -0.25) is 15.0 Å². The maximum atomic E-state index is 12.4. The number of aromatic nitrogens is 1. The number of nitrogens with one attached hydrogen (secondary N) is 2. The number of hydrogen-bond donors (Lipinski definition) is 2. The molecule has 132 valence electrons. The number of benzene rings is 1. The minimum Gasteiger partial charge on any atom is -0.361 e. The number of thioether (sulfide) groups is 1. The highest BCUT2D eigenvalue weighted by molar-refractivity contribution is 8.93. The van der Waals surface area contributed by atoms with Gasteiger partial charge in [-0.1, -0.05) is 29.1 Å². The highest BCUT2D eigenvalue weighted by Gasteiger charge is 2.21. The van der Waals surface area contributed by atoms with Crippen LogP contribution in [0.3, 0.4) is 0 Å². The molecule has 1 aliphatic heterocycles. The molecule has 1 aromatic carbocycles. The second-order valence-electron chi connectivity index (χ2n) is 5.36. The van der Waals surface area contributed by atoms with Crippen LogP contribution in [0.4, 0.5) is 5.69 Å². The summed E-state index contributed by atoms with van der Waals surface area (Å²) in [5.41, 5.74) is 1.19. The Morgan fingerprint density at radius 1 is 1.40 bits per heavy atom. The van der Waals surface area contributed by atoms with Gasteiger partial charge in [0.05, 0.1) is 6.54 Å². The van der Waals surface area contributed by atoms with Crippen molar-refractivity contribution in [1.82, 2.24) is 10.1 Å². The first-order chi connectivity index (χ1) is 11.5. The third kappa shape index (κ3) is 4.70. The Hall–Kier alpha value is -2.13. The van der Waals surface area contributed by atoms with Crippen molar-refractivity contribution in [3.05, 3.63) is 47.3 Å². The largest absolute Gasteiger partial charge is 0.361 e. The quantitative estimate of drug-likeness (QED) is 0.715. The monoisotopic (exact) mass is 424 g/mol. The van der Waals surface area contributed by atoms with Crippen LogP contribution in [-0.2, 0) is 0 Å². The number of anilines is 1. The van der Waals surface area contributed by atoms with E-state index in [9.17, 15) is 9.59 Å². The number of nitrogens with zero attached hydrogens (tertiary/aromatic N) is 2. The predicted octanol–water partition coefficient (Wildman–Crippen LogP) is 2.98. The summed E-state index contributed by atoms with van der Waals surface area (Å²) in [6, 6.07) is 8.28. The molecular formula is C16H17BrN4O3S. The normalized spacial score (nSPS) is 13.5. The second kappa shape index (κ2) is 8.30. The highest BCUT2D eigenvalue weighted by Crippen LogP contribution is 2.18. The number of halogens is 1. The Kier molecular flexibility index (Phi) is 6.38. The molecule has 0 spiro atoms. The molecule has 0 atom stereocenters. The molecule has 1 saturated heterocycles. The Balaban J connectivity index is 0.00000225. The number of carbonyl (C=O) groups is 2. The van der Waals surface area contributed by atoms with Gasteiger partial charge in [0.1, 0.15) is 5.76 Å². The molecule has 1 aromatic heterocycles. The Labute approximate surface area is 159 Å². The first-order valence-corrected chi connectivity index (χ1v) is 8.36. The zero-order valence-electron chi connectivity index (χ0n) is 13.4. The number of hydrogen-bond acceptors (Lipinski definition) is 6. The molecule has 0 unspecified atom stereocenters. The lowest BCUT2D eigenvalue weighted by molar-refractivity contribution is 0.0964. The maximum Gasteiger partial charge on any atom is 0.277 e. The van der Waals surface area contributed by atoms with Crippen LogP contribution in [0.25, 0.3) is 0 Å². The highest BCUT2D eigenvalue weighted by atomic mass is 79.9. The Morgan fingerprint density at radius 3 is 2.84 bits per heavy atom. The van der Waals surface area contributed by atoms with Crippen LogP contribution in [0.1, 0.15) is 26.6 Å². The summed E-state index contributed by atoms with van der Waals surface area (Å²) in [7, 11) is 0. The number of amides is 1. The summed E-state index contributed by atoms with van der Waals surface area (Å²) in [4.78, 5) is 26.2. The minimum absolute atomic E-state index is 0. The zero-order valence-corrected chi connectivity index (χ0v) is 16.0. The molecule has 2 N–H and O–H groups in total. The molecule has 2 aromatic rings. The molecule has 1 amide bonds. The van der Waals surface area contributed by atoms with Gasteiger partial charge in [-0.15, -0.1) is 17.0 Å². The van der Waals surface area contributed by atoms with Crippen molar-refractivity contribution in [2.45, 2.75) is 6.92 Å². The lowest BCUT2D eigenvalue weighted by atomic mass is 10.1. The lowest BCUT2D eigenvalue weighted by Crippen LogP contribution is -2.30. The van der Waals surface area contributed by atoms with Crippen molar-refractivity contribution in [2.24, 2.45) is 0 Å². The number of ketones is 1. The number of carbonyl (C=O) groups excluding carboxylic acids is 2. The third-order valence-electron chi connectivity index (χ3n) is 3.52. The van der Waals surface area contributed by atoms with Crippen LogP contribution >= 0.6 is 28.7 Å². The fourth-order valence-electron chi connectivity index (χ4n) is 2.30. The topological polar surface area (TPSA) is 99.3 Å². The van der Waals surface area contributed by atoms with E-state index in [4.69, 9.17) is 9.93 Å². The third-order valence-corrected chi connectivity index (χ3v) is 4.44. The van der Waals surface area contributed by atoms with E-state index in [-0.39, 0.29) is 35.0 Å². The first-order valence-electron chi connectivity index (χ1n) is 7.37. The number of aryl methyl sites for hydroxylation is 1. The van der Waals surface area contributed by atoms with Crippen molar-refractivity contribution in [3.63, 3.8) is 0 Å². The number of rotatable bonds is 5. The van der Waals surface area contributed by atoms with Gasteiger partial charge >= 0.3 is 0 Å². The fraction of sp³-hybridized carbons (Fsp3) is 0.250. The molecule has 1 fully saturated rings. The number of Topliss-reactive ketones (excluding diaryl/α,β-unsaturated/α-hetero) is 1. The van der Waals surface area contributed by atoms with E-state index in [0.717, 1.165) is 5.75 Å². The summed E-state index contributed by atoms with van der Waals surface area (Å²) in [6.45, 7) is 2.58. The molecule has 2 heterocycles. The molecule has 9 heteroatoms. The lowest BCUT2D eigenvalue weighted by Gasteiger charge is -2.15. The van der Waals surface area contributed by atoms with Crippen LogP contribution in [0.5, 0.6) is 0 Å². The van der Waals surface area contributed by atoms with Gasteiger partial charge in [0.25, 0.3) is 5.91 Å². The van der Waals surface area contributed by atoms with E-state index in [1.165, 1.54) is 11.8 Å². The standard InChI is InChI=1S/C16H16N4O3S.BrH/c1-10-7-13(19-23-10)15(22)18-12-4-2-3-11(8-12)14(21)9-20-5-6-24-16(20)17;/h2-4,7-8,17H,5-6,9H2,1H3,(H,18,22);1H. The molecule has 3 rings (SSSR count). The molecule has 0 saturated carbocycles. The fourth-order valence-corrected chi connectivity index (χ4v) is 3.14. The smallest absolute Gasteiger partial charge is 0.277 e. The van der Waals surface area contributed by atoms with Crippen LogP contribution in [0.2, 0.25) is 0 Å². The van der Waals surface area contributed by atoms with E-state index in [1.807, 2.05) is 0 Å². The Bertz CT molecular complexity index is 808. The van der Waals surface area contributed by atoms with Gasteiger partial charge in [-0.2, -0.15) is 0 Å². The number of amidine groups is 1. The average Bonchev–Trinajstić information content (AvgIpc) is 3.17. The summed E-state index contributed by atoms with van der Waals surface area (Å²) in [6.07, 6.45) is 0. The van der Waals surface area contributed by atoms with E-state index < -0.39 is 5.91 Å². The zero-order chi connectivity index (χ0) is 17.1. The summed E-state index contributed by atoms with van der Waals surface area (Å²) >= 11 is 1.44. The SMILES string of the molecule is Br.Cc1cc(C(=O)Nc2cccc(C(=O)CN3CCSC3=N)c2)no1. The van der Waals surface area contributed by atoms with Gasteiger partial charge in [0, 0.05) is 29.6 Å². The van der Waals surface area contributed by atoms with Crippen LogP contribution in [0, 0.1) is 12.3 Å². The van der Waals surface area contributed by atoms with Crippen LogP contribution < -0.4 is 5.32 Å². The van der Waals surface area contributed by atoms with Crippen molar-refractivity contribution >= 4 is 51.3 Å². The summed E-state index contributed by atoms with van der Waals surface area (Å²) < 4.78 is 4.88. The predicted molar refractivity (Wildman–Crippen MR) is 102 cm³/mol. The summed E-state index contributed by atoms with van der Waals surface area (Å²) in [5, 5.41) is 14.5. The van der Waals surface area contributed by atoms with Crippen LogP contribution in [0.15, 0.2) is 34.9 Å². The van der Waals surface area contributed by atoms with Crippen molar-refractivity contribution in [3.8, 4) is 0 Å². The molecule has 0 aliphatic carbocycles. The van der Waals surface area contributed by atoms with Gasteiger partial charge in [-0.05, 0) is 19.1 Å². The molecule has 0 bridgehead atoms. The maximum absolute atomic E-state index is 12.4. The molecule has 0 radical (unpaired) electrons. The second-order valence-corrected chi connectivity index (χ2v) is 6.44. The average molecular weight is 425 g/mol. The van der Waals surface area contributed by atoms with Gasteiger partial charge in [-0.25, -0.2) is 0 Å². The molecule has 25 heavy (non-hydrogen) atoms. The van der Waals surface area contributed by atoms with Gasteiger partial charge in [0.2, 0.25) is 0 Å². The van der Waals surface area contributed by atoms with Gasteiger partial charge < -0.3 is 14.7 Å². The van der Waals surface area contributed by atoms with Gasteiger partial charge in [0.15, 0.2) is 16.6 Å². The Morgan fingerprint density at radius 2 is 2.20 bits per heavy atom. The van der Waals surface area contributed by atoms with E-state index in [1.54, 1.807) is 42.2 Å². The van der Waals surface area contributed by atoms with E-state index in [2.05, 4.69) is 10.5 Å². The minimum atomic E-state index is -0.394. The van der Waals surface area contributed by atoms with Crippen molar-refractivity contribution < 1.29 is 14.1 Å². The summed E-state index contributed by atoms with van der Waals surface area (Å²) in [5.74, 6) is 0.902. The van der Waals surface area contributed by atoms with Crippen LogP contribution in [-0.4, -0.2) is 45.8 Å². The van der Waals surface area contributed by atoms with Crippen molar-refractivity contribution in [1.29, 1.82) is 5.41 Å². The molecule has 7 nitrogen and oxygen atoms in total. The van der Waals surface area contributed by atoms with E-state index >= 15 is 0 Å². The molecular weight excluding hydrogens is 408 g/mol. The van der Waals surface area contributed by atoms with Crippen molar-refractivity contribution in [2.75, 3.05) is 24.2 Å². The first kappa shape index (κ1) is 19.2. The molecule has 1 aliphatic rings. The van der Waals surface area contributed by atoms with E-state index in [0.29, 0.717) is 28.7 Å².